The van der Waals surface area contributed by atoms with Gasteiger partial charge in [-0.25, -0.2) is 0 Å². The summed E-state index contributed by atoms with van der Waals surface area (Å²) in [5.74, 6) is -0.735. The van der Waals surface area contributed by atoms with Crippen LogP contribution in [0.15, 0.2) is 16.5 Å². The molecule has 0 radical (unpaired) electrons. The Morgan fingerprint density at radius 1 is 1.29 bits per heavy atom. The quantitative estimate of drug-likeness (QED) is 0.843. The molecule has 0 bridgehead atoms. The SMILES string of the molecule is CC(C)(C)CNCc1ccc(CSC(F)F)o1. The van der Waals surface area contributed by atoms with Gasteiger partial charge in [-0.2, -0.15) is 8.78 Å². The average Bonchev–Trinajstić information content (AvgIpc) is 2.61. The van der Waals surface area contributed by atoms with Crippen molar-refractivity contribution in [2.45, 2.75) is 38.8 Å². The van der Waals surface area contributed by atoms with Crippen molar-refractivity contribution < 1.29 is 13.2 Å². The molecule has 17 heavy (non-hydrogen) atoms. The van der Waals surface area contributed by atoms with E-state index < -0.39 is 5.76 Å². The largest absolute Gasteiger partial charge is 0.464 e. The fourth-order valence-corrected chi connectivity index (χ4v) is 1.75. The van der Waals surface area contributed by atoms with Gasteiger partial charge in [0.05, 0.1) is 12.3 Å². The lowest BCUT2D eigenvalue weighted by atomic mass is 9.97. The van der Waals surface area contributed by atoms with E-state index in [-0.39, 0.29) is 11.2 Å². The van der Waals surface area contributed by atoms with Crippen molar-refractivity contribution in [3.8, 4) is 0 Å². The van der Waals surface area contributed by atoms with Gasteiger partial charge in [-0.05, 0) is 17.5 Å². The Labute approximate surface area is 105 Å². The lowest BCUT2D eigenvalue weighted by Crippen LogP contribution is -2.26. The van der Waals surface area contributed by atoms with Crippen LogP contribution in [0.4, 0.5) is 8.78 Å². The molecular weight excluding hydrogens is 244 g/mol. The molecule has 1 aromatic rings. The molecule has 0 amide bonds. The Morgan fingerprint density at radius 3 is 2.53 bits per heavy atom. The van der Waals surface area contributed by atoms with Crippen LogP contribution in [-0.4, -0.2) is 12.3 Å². The Hall–Kier alpha value is -0.550. The number of halogens is 2. The van der Waals surface area contributed by atoms with E-state index in [1.807, 2.05) is 6.07 Å². The lowest BCUT2D eigenvalue weighted by Gasteiger charge is -2.18. The summed E-state index contributed by atoms with van der Waals surface area (Å²) < 4.78 is 29.4. The molecule has 1 rings (SSSR count). The van der Waals surface area contributed by atoms with Crippen LogP contribution in [0.5, 0.6) is 0 Å². The van der Waals surface area contributed by atoms with Gasteiger partial charge in [0.2, 0.25) is 0 Å². The van der Waals surface area contributed by atoms with Crippen LogP contribution in [0, 0.1) is 5.41 Å². The fourth-order valence-electron chi connectivity index (χ4n) is 1.30. The van der Waals surface area contributed by atoms with Gasteiger partial charge >= 0.3 is 0 Å². The van der Waals surface area contributed by atoms with Gasteiger partial charge in [0, 0.05) is 6.54 Å². The second kappa shape index (κ2) is 6.40. The maximum Gasteiger partial charge on any atom is 0.284 e. The summed E-state index contributed by atoms with van der Waals surface area (Å²) in [6, 6.07) is 3.58. The Bertz CT molecular complexity index is 333. The Morgan fingerprint density at radius 2 is 1.94 bits per heavy atom. The molecule has 1 heterocycles. The maximum absolute atomic E-state index is 12.0. The second-order valence-electron chi connectivity index (χ2n) is 5.10. The van der Waals surface area contributed by atoms with Crippen molar-refractivity contribution in [2.24, 2.45) is 5.41 Å². The predicted octanol–water partition coefficient (Wildman–Crippen LogP) is 3.87. The number of furan rings is 1. The van der Waals surface area contributed by atoms with Gasteiger partial charge in [0.1, 0.15) is 11.5 Å². The summed E-state index contributed by atoms with van der Waals surface area (Å²) in [5, 5.41) is 3.27. The minimum Gasteiger partial charge on any atom is -0.464 e. The van der Waals surface area contributed by atoms with E-state index in [0.29, 0.717) is 24.1 Å². The van der Waals surface area contributed by atoms with Crippen LogP contribution < -0.4 is 5.32 Å². The van der Waals surface area contributed by atoms with Gasteiger partial charge in [-0.15, -0.1) is 0 Å². The number of hydrogen-bond donors (Lipinski definition) is 1. The highest BCUT2D eigenvalue weighted by Gasteiger charge is 2.10. The summed E-state index contributed by atoms with van der Waals surface area (Å²) in [6.07, 6.45) is 0. The van der Waals surface area contributed by atoms with E-state index >= 15 is 0 Å². The molecule has 0 saturated heterocycles. The van der Waals surface area contributed by atoms with Crippen LogP contribution in [0.2, 0.25) is 0 Å². The zero-order valence-electron chi connectivity index (χ0n) is 10.4. The van der Waals surface area contributed by atoms with Crippen LogP contribution >= 0.6 is 11.8 Å². The monoisotopic (exact) mass is 263 g/mol. The smallest absolute Gasteiger partial charge is 0.284 e. The van der Waals surface area contributed by atoms with E-state index in [2.05, 4.69) is 26.1 Å². The van der Waals surface area contributed by atoms with E-state index in [9.17, 15) is 8.78 Å². The van der Waals surface area contributed by atoms with Crippen LogP contribution in [0.3, 0.4) is 0 Å². The highest BCUT2D eigenvalue weighted by molar-refractivity contribution is 7.98. The zero-order valence-corrected chi connectivity index (χ0v) is 11.2. The minimum atomic E-state index is -2.34. The number of hydrogen-bond acceptors (Lipinski definition) is 3. The number of rotatable bonds is 6. The topological polar surface area (TPSA) is 25.2 Å². The van der Waals surface area contributed by atoms with Crippen molar-refractivity contribution in [2.75, 3.05) is 6.54 Å². The lowest BCUT2D eigenvalue weighted by molar-refractivity contribution is 0.251. The molecule has 1 N–H and O–H groups in total. The molecule has 0 aromatic carbocycles. The van der Waals surface area contributed by atoms with Gasteiger partial charge in [0.25, 0.3) is 5.76 Å². The van der Waals surface area contributed by atoms with Crippen molar-refractivity contribution >= 4 is 11.8 Å². The molecule has 2 nitrogen and oxygen atoms in total. The molecule has 0 aliphatic heterocycles. The Balaban J connectivity index is 2.31. The molecule has 0 spiro atoms. The predicted molar refractivity (Wildman–Crippen MR) is 67.2 cm³/mol. The third-order valence-corrected chi connectivity index (χ3v) is 2.73. The highest BCUT2D eigenvalue weighted by Crippen LogP contribution is 2.21. The fraction of sp³-hybridized carbons (Fsp3) is 0.667. The van der Waals surface area contributed by atoms with E-state index in [1.165, 1.54) is 0 Å². The molecule has 0 atom stereocenters. The first-order valence-electron chi connectivity index (χ1n) is 5.55. The number of alkyl halides is 2. The molecule has 0 unspecified atom stereocenters. The third-order valence-electron chi connectivity index (χ3n) is 2.02. The molecule has 0 aliphatic carbocycles. The van der Waals surface area contributed by atoms with Crippen LogP contribution in [-0.2, 0) is 12.3 Å². The standard InChI is InChI=1S/C12H19F2NOS/c1-12(2,3)8-15-6-9-4-5-10(16-9)7-17-11(13)14/h4-5,11,15H,6-8H2,1-3H3. The number of nitrogens with one attached hydrogen (secondary N) is 1. The molecule has 5 heteroatoms. The van der Waals surface area contributed by atoms with Crippen molar-refractivity contribution in [3.63, 3.8) is 0 Å². The van der Waals surface area contributed by atoms with Gasteiger partial charge in [-0.3, -0.25) is 0 Å². The summed E-state index contributed by atoms with van der Waals surface area (Å²) in [4.78, 5) is 0. The van der Waals surface area contributed by atoms with E-state index in [0.717, 1.165) is 12.3 Å². The zero-order chi connectivity index (χ0) is 12.9. The minimum absolute atomic E-state index is 0.219. The van der Waals surface area contributed by atoms with E-state index in [4.69, 9.17) is 4.42 Å². The normalized spacial score (nSPS) is 12.4. The number of thioether (sulfide) groups is 1. The summed E-state index contributed by atoms with van der Waals surface area (Å²) in [5.41, 5.74) is 0.223. The average molecular weight is 263 g/mol. The van der Waals surface area contributed by atoms with E-state index in [1.54, 1.807) is 6.07 Å². The molecule has 0 aliphatic rings. The van der Waals surface area contributed by atoms with Gasteiger partial charge in [-0.1, -0.05) is 32.5 Å². The van der Waals surface area contributed by atoms with Crippen molar-refractivity contribution in [1.82, 2.24) is 5.32 Å². The maximum atomic E-state index is 12.0. The van der Waals surface area contributed by atoms with Crippen LogP contribution in [0.25, 0.3) is 0 Å². The first kappa shape index (κ1) is 14.5. The summed E-state index contributed by atoms with van der Waals surface area (Å²) in [6.45, 7) is 7.96. The molecule has 1 aromatic heterocycles. The molecule has 98 valence electrons. The third kappa shape index (κ3) is 6.68. The first-order chi connectivity index (χ1) is 7.87. The van der Waals surface area contributed by atoms with Gasteiger partial charge in [0.15, 0.2) is 0 Å². The van der Waals surface area contributed by atoms with Crippen molar-refractivity contribution in [3.05, 3.63) is 23.7 Å². The second-order valence-corrected chi connectivity index (χ2v) is 6.08. The summed E-state index contributed by atoms with van der Waals surface area (Å²) >= 11 is 0.578. The Kier molecular flexibility index (Phi) is 5.46. The molecule has 0 saturated carbocycles. The van der Waals surface area contributed by atoms with Crippen LogP contribution in [0.1, 0.15) is 32.3 Å². The van der Waals surface area contributed by atoms with Gasteiger partial charge < -0.3 is 9.73 Å². The van der Waals surface area contributed by atoms with Crippen molar-refractivity contribution in [1.29, 1.82) is 0 Å². The highest BCUT2D eigenvalue weighted by atomic mass is 32.2. The summed E-state index contributed by atoms with van der Waals surface area (Å²) in [7, 11) is 0. The molecular formula is C12H19F2NOS. The molecule has 0 fully saturated rings. The first-order valence-corrected chi connectivity index (χ1v) is 6.60.